The summed E-state index contributed by atoms with van der Waals surface area (Å²) in [4.78, 5) is 23.3. The number of carboxylic acids is 1. The molecular formula is C17H19NO3S. The van der Waals surface area contributed by atoms with Crippen molar-refractivity contribution in [1.29, 1.82) is 0 Å². The minimum absolute atomic E-state index is 0.210. The highest BCUT2D eigenvalue weighted by atomic mass is 32.1. The molecule has 1 amide bonds. The van der Waals surface area contributed by atoms with E-state index in [0.29, 0.717) is 17.0 Å². The average Bonchev–Trinajstić information content (AvgIpc) is 2.55. The summed E-state index contributed by atoms with van der Waals surface area (Å²) in [6.45, 7) is 4.33. The predicted octanol–water partition coefficient (Wildman–Crippen LogP) is 3.63. The van der Waals surface area contributed by atoms with Crippen molar-refractivity contribution in [3.8, 4) is 0 Å². The van der Waals surface area contributed by atoms with Gasteiger partial charge in [-0.2, -0.15) is 0 Å². The number of nitrogens with one attached hydrogen (secondary N) is 1. The van der Waals surface area contributed by atoms with E-state index in [0.717, 1.165) is 5.56 Å². The van der Waals surface area contributed by atoms with E-state index in [9.17, 15) is 9.59 Å². The van der Waals surface area contributed by atoms with Gasteiger partial charge in [0.1, 0.15) is 0 Å². The lowest BCUT2D eigenvalue weighted by Gasteiger charge is -2.07. The van der Waals surface area contributed by atoms with Crippen LogP contribution >= 0.6 is 12.6 Å². The van der Waals surface area contributed by atoms with Crippen LogP contribution in [-0.4, -0.2) is 17.0 Å². The second kappa shape index (κ2) is 8.89. The lowest BCUT2D eigenvalue weighted by atomic mass is 10.1. The first-order valence-electron chi connectivity index (χ1n) is 6.96. The molecule has 2 aromatic rings. The second-order valence-electron chi connectivity index (χ2n) is 4.20. The van der Waals surface area contributed by atoms with Crippen molar-refractivity contribution < 1.29 is 14.7 Å². The van der Waals surface area contributed by atoms with Crippen LogP contribution in [0.5, 0.6) is 0 Å². The van der Waals surface area contributed by atoms with E-state index in [-0.39, 0.29) is 11.5 Å². The lowest BCUT2D eigenvalue weighted by Crippen LogP contribution is -2.23. The average molecular weight is 317 g/mol. The van der Waals surface area contributed by atoms with Crippen LogP contribution in [0.1, 0.15) is 40.1 Å². The van der Waals surface area contributed by atoms with Crippen LogP contribution in [0.25, 0.3) is 0 Å². The number of rotatable bonds is 4. The Hall–Kier alpha value is -2.27. The molecule has 0 aromatic heterocycles. The Bertz CT molecular complexity index is 639. The van der Waals surface area contributed by atoms with Gasteiger partial charge in [0.15, 0.2) is 0 Å². The predicted molar refractivity (Wildman–Crippen MR) is 89.6 cm³/mol. The third-order valence-electron chi connectivity index (χ3n) is 2.80. The van der Waals surface area contributed by atoms with Gasteiger partial charge in [-0.05, 0) is 29.8 Å². The molecule has 0 bridgehead atoms. The van der Waals surface area contributed by atoms with Crippen LogP contribution in [0.15, 0.2) is 53.4 Å². The molecule has 0 aliphatic heterocycles. The summed E-state index contributed by atoms with van der Waals surface area (Å²) in [5, 5.41) is 11.6. The first-order valence-corrected chi connectivity index (χ1v) is 7.41. The number of carboxylic acid groups (broad SMARTS) is 1. The van der Waals surface area contributed by atoms with E-state index >= 15 is 0 Å². The van der Waals surface area contributed by atoms with Gasteiger partial charge in [0.25, 0.3) is 5.91 Å². The highest BCUT2D eigenvalue weighted by Gasteiger charge is 2.08. The molecule has 0 fully saturated rings. The second-order valence-corrected chi connectivity index (χ2v) is 4.68. The molecule has 0 atom stereocenters. The summed E-state index contributed by atoms with van der Waals surface area (Å²) in [7, 11) is 0. The van der Waals surface area contributed by atoms with Gasteiger partial charge in [0.05, 0.1) is 11.1 Å². The van der Waals surface area contributed by atoms with Crippen molar-refractivity contribution in [1.82, 2.24) is 5.32 Å². The lowest BCUT2D eigenvalue weighted by molar-refractivity contribution is 0.0696. The summed E-state index contributed by atoms with van der Waals surface area (Å²) >= 11 is 4.23. The minimum atomic E-state index is -0.968. The van der Waals surface area contributed by atoms with Crippen LogP contribution in [0.4, 0.5) is 0 Å². The molecule has 0 unspecified atom stereocenters. The van der Waals surface area contributed by atoms with Gasteiger partial charge in [0, 0.05) is 11.4 Å². The molecule has 22 heavy (non-hydrogen) atoms. The van der Waals surface area contributed by atoms with Crippen molar-refractivity contribution in [2.45, 2.75) is 25.3 Å². The van der Waals surface area contributed by atoms with E-state index < -0.39 is 5.97 Å². The van der Waals surface area contributed by atoms with E-state index in [1.165, 1.54) is 12.1 Å². The normalized spacial score (nSPS) is 9.41. The molecule has 2 aromatic carbocycles. The molecule has 4 nitrogen and oxygen atoms in total. The van der Waals surface area contributed by atoms with Crippen LogP contribution in [0, 0.1) is 0 Å². The Morgan fingerprint density at radius 1 is 1.05 bits per heavy atom. The van der Waals surface area contributed by atoms with Gasteiger partial charge in [-0.25, -0.2) is 4.79 Å². The maximum Gasteiger partial charge on any atom is 0.335 e. The summed E-state index contributed by atoms with van der Waals surface area (Å²) < 4.78 is 0. The first kappa shape index (κ1) is 17.8. The number of carbonyl (C=O) groups excluding carboxylic acids is 1. The summed E-state index contributed by atoms with van der Waals surface area (Å²) in [6, 6.07) is 13.4. The Morgan fingerprint density at radius 2 is 1.64 bits per heavy atom. The zero-order valence-electron chi connectivity index (χ0n) is 12.5. The number of thiol groups is 1. The van der Waals surface area contributed by atoms with Gasteiger partial charge in [-0.15, -0.1) is 12.6 Å². The third kappa shape index (κ3) is 4.93. The zero-order valence-corrected chi connectivity index (χ0v) is 13.4. The number of amides is 1. The van der Waals surface area contributed by atoms with Crippen molar-refractivity contribution in [2.75, 3.05) is 0 Å². The van der Waals surface area contributed by atoms with E-state index in [1.807, 2.05) is 19.9 Å². The number of benzene rings is 2. The molecule has 0 saturated carbocycles. The van der Waals surface area contributed by atoms with E-state index in [2.05, 4.69) is 17.9 Å². The van der Waals surface area contributed by atoms with Crippen molar-refractivity contribution in [3.63, 3.8) is 0 Å². The highest BCUT2D eigenvalue weighted by molar-refractivity contribution is 7.80. The maximum atomic E-state index is 12.0. The Balaban J connectivity index is 0.00000116. The molecule has 116 valence electrons. The minimum Gasteiger partial charge on any atom is -0.478 e. The van der Waals surface area contributed by atoms with Gasteiger partial charge < -0.3 is 10.4 Å². The van der Waals surface area contributed by atoms with Crippen molar-refractivity contribution in [2.24, 2.45) is 0 Å². The topological polar surface area (TPSA) is 66.4 Å². The fourth-order valence-corrected chi connectivity index (χ4v) is 1.97. The largest absolute Gasteiger partial charge is 0.478 e. The van der Waals surface area contributed by atoms with Crippen LogP contribution in [0.3, 0.4) is 0 Å². The van der Waals surface area contributed by atoms with Gasteiger partial charge in [-0.3, -0.25) is 4.79 Å². The zero-order chi connectivity index (χ0) is 16.5. The molecule has 0 aliphatic carbocycles. The maximum absolute atomic E-state index is 12.0. The molecule has 0 saturated heterocycles. The summed E-state index contributed by atoms with van der Waals surface area (Å²) in [5.41, 5.74) is 1.57. The van der Waals surface area contributed by atoms with E-state index in [4.69, 9.17) is 5.11 Å². The highest BCUT2D eigenvalue weighted by Crippen LogP contribution is 2.13. The molecule has 0 aliphatic rings. The summed E-state index contributed by atoms with van der Waals surface area (Å²) in [6.07, 6.45) is 0. The Morgan fingerprint density at radius 3 is 2.18 bits per heavy atom. The molecular weight excluding hydrogens is 298 g/mol. The van der Waals surface area contributed by atoms with Gasteiger partial charge in [0.2, 0.25) is 0 Å². The van der Waals surface area contributed by atoms with Gasteiger partial charge >= 0.3 is 5.97 Å². The van der Waals surface area contributed by atoms with E-state index in [1.54, 1.807) is 30.3 Å². The first-order chi connectivity index (χ1) is 10.6. The number of aromatic carboxylic acids is 1. The fraction of sp³-hybridized carbons (Fsp3) is 0.176. The monoisotopic (exact) mass is 317 g/mol. The number of hydrogen-bond acceptors (Lipinski definition) is 3. The SMILES string of the molecule is CC.O=C(O)c1ccc(CNC(=O)c2ccccc2S)cc1. The van der Waals surface area contributed by atoms with Gasteiger partial charge in [-0.1, -0.05) is 38.1 Å². The molecule has 0 heterocycles. The molecule has 2 N–H and O–H groups in total. The molecule has 2 rings (SSSR count). The Labute approximate surface area is 135 Å². The fourth-order valence-electron chi connectivity index (χ4n) is 1.71. The number of hydrogen-bond donors (Lipinski definition) is 3. The Kier molecular flexibility index (Phi) is 7.19. The smallest absolute Gasteiger partial charge is 0.335 e. The van der Waals surface area contributed by atoms with Crippen molar-refractivity contribution in [3.05, 3.63) is 65.2 Å². The van der Waals surface area contributed by atoms with Crippen molar-refractivity contribution >= 4 is 24.5 Å². The molecule has 0 radical (unpaired) electrons. The standard InChI is InChI=1S/C15H13NO3S.C2H6/c17-14(12-3-1-2-4-13(12)20)16-9-10-5-7-11(8-6-10)15(18)19;1-2/h1-8,20H,9H2,(H,16,17)(H,18,19);1-2H3. The third-order valence-corrected chi connectivity index (χ3v) is 3.19. The quantitative estimate of drug-likeness (QED) is 0.754. The van der Waals surface area contributed by atoms with Crippen LogP contribution < -0.4 is 5.32 Å². The van der Waals surface area contributed by atoms with Crippen LogP contribution in [0.2, 0.25) is 0 Å². The molecule has 0 spiro atoms. The van der Waals surface area contributed by atoms with Crippen LogP contribution in [-0.2, 0) is 6.54 Å². The molecule has 5 heteroatoms. The number of carbonyl (C=O) groups is 2. The summed E-state index contributed by atoms with van der Waals surface area (Å²) in [5.74, 6) is -1.18.